The first-order chi connectivity index (χ1) is 9.78. The van der Waals surface area contributed by atoms with Crippen LogP contribution in [0, 0.1) is 5.92 Å². The molecule has 2 fully saturated rings. The zero-order valence-corrected chi connectivity index (χ0v) is 12.5. The molecule has 1 heterocycles. The highest BCUT2D eigenvalue weighted by Crippen LogP contribution is 2.38. The van der Waals surface area contributed by atoms with Crippen molar-refractivity contribution in [3.8, 4) is 5.75 Å². The van der Waals surface area contributed by atoms with Crippen LogP contribution in [0.2, 0.25) is 0 Å². The van der Waals surface area contributed by atoms with Gasteiger partial charge >= 0.3 is 6.03 Å². The van der Waals surface area contributed by atoms with Crippen LogP contribution in [0.15, 0.2) is 24.3 Å². The molecular formula is C15H20N2O2S. The maximum absolute atomic E-state index is 12.4. The van der Waals surface area contributed by atoms with Crippen LogP contribution in [0.4, 0.5) is 10.5 Å². The molecule has 1 saturated heterocycles. The Morgan fingerprint density at radius 2 is 2.10 bits per heavy atom. The highest BCUT2D eigenvalue weighted by Gasteiger charge is 2.38. The first-order valence-electron chi connectivity index (χ1n) is 7.07. The van der Waals surface area contributed by atoms with Gasteiger partial charge in [0.1, 0.15) is 5.75 Å². The van der Waals surface area contributed by atoms with Gasteiger partial charge in [-0.15, -0.1) is 0 Å². The molecule has 108 valence electrons. The summed E-state index contributed by atoms with van der Waals surface area (Å²) in [4.78, 5) is 14.5. The van der Waals surface area contributed by atoms with Crippen LogP contribution in [-0.4, -0.2) is 42.1 Å². The number of carbonyl (C=O) groups excluding carboxylic acids is 1. The largest absolute Gasteiger partial charge is 0.497 e. The lowest BCUT2D eigenvalue weighted by molar-refractivity contribution is 0.188. The van der Waals surface area contributed by atoms with E-state index in [0.29, 0.717) is 6.04 Å². The summed E-state index contributed by atoms with van der Waals surface area (Å²) in [5.74, 6) is 3.65. The molecule has 2 amide bonds. The lowest BCUT2D eigenvalue weighted by Crippen LogP contribution is -2.49. The van der Waals surface area contributed by atoms with Crippen molar-refractivity contribution in [2.24, 2.45) is 5.92 Å². The van der Waals surface area contributed by atoms with Crippen LogP contribution >= 0.6 is 11.8 Å². The number of hydrogen-bond acceptors (Lipinski definition) is 3. The van der Waals surface area contributed by atoms with E-state index >= 15 is 0 Å². The van der Waals surface area contributed by atoms with Crippen LogP contribution in [-0.2, 0) is 0 Å². The zero-order chi connectivity index (χ0) is 13.9. The van der Waals surface area contributed by atoms with Crippen molar-refractivity contribution in [1.82, 2.24) is 4.90 Å². The van der Waals surface area contributed by atoms with Gasteiger partial charge in [-0.2, -0.15) is 11.8 Å². The molecule has 1 aliphatic heterocycles. The number of methoxy groups -OCH3 is 1. The van der Waals surface area contributed by atoms with Crippen molar-refractivity contribution in [2.45, 2.75) is 18.9 Å². The molecule has 1 saturated carbocycles. The summed E-state index contributed by atoms with van der Waals surface area (Å²) in [6.45, 7) is 0.855. The second kappa shape index (κ2) is 5.95. The van der Waals surface area contributed by atoms with Gasteiger partial charge in [-0.1, -0.05) is 0 Å². The normalized spacial score (nSPS) is 22.4. The number of benzene rings is 1. The van der Waals surface area contributed by atoms with E-state index in [0.717, 1.165) is 35.4 Å². The molecular weight excluding hydrogens is 272 g/mol. The van der Waals surface area contributed by atoms with Crippen LogP contribution in [0.1, 0.15) is 12.8 Å². The van der Waals surface area contributed by atoms with Gasteiger partial charge in [0, 0.05) is 29.8 Å². The molecule has 1 aliphatic carbocycles. The number of nitrogens with zero attached hydrogens (tertiary/aromatic N) is 1. The van der Waals surface area contributed by atoms with Gasteiger partial charge < -0.3 is 15.0 Å². The summed E-state index contributed by atoms with van der Waals surface area (Å²) in [6, 6.07) is 7.93. The average Bonchev–Trinajstić information content (AvgIpc) is 3.32. The van der Waals surface area contributed by atoms with Crippen LogP contribution in [0.5, 0.6) is 5.75 Å². The number of hydrogen-bond donors (Lipinski definition) is 1. The van der Waals surface area contributed by atoms with E-state index < -0.39 is 0 Å². The molecule has 5 heteroatoms. The molecule has 1 aromatic carbocycles. The zero-order valence-electron chi connectivity index (χ0n) is 11.7. The standard InChI is InChI=1S/C15H20N2O2S/c1-19-13-6-4-12(5-7-13)16-15(18)17-8-9-20-10-14(17)11-2-3-11/h4-7,11,14H,2-3,8-10H2,1H3,(H,16,18). The molecule has 1 unspecified atom stereocenters. The Kier molecular flexibility index (Phi) is 4.05. The van der Waals surface area contributed by atoms with E-state index in [9.17, 15) is 4.79 Å². The Morgan fingerprint density at radius 3 is 2.75 bits per heavy atom. The molecule has 1 N–H and O–H groups in total. The lowest BCUT2D eigenvalue weighted by atomic mass is 10.2. The summed E-state index contributed by atoms with van der Waals surface area (Å²) in [6.07, 6.45) is 2.55. The molecule has 4 nitrogen and oxygen atoms in total. The Balaban J connectivity index is 1.64. The SMILES string of the molecule is COc1ccc(NC(=O)N2CCSCC2C2CC2)cc1. The van der Waals surface area contributed by atoms with E-state index in [1.807, 2.05) is 40.9 Å². The maximum atomic E-state index is 12.4. The number of carbonyl (C=O) groups is 1. The fourth-order valence-electron chi connectivity index (χ4n) is 2.62. The van der Waals surface area contributed by atoms with E-state index in [-0.39, 0.29) is 6.03 Å². The molecule has 1 aromatic rings. The van der Waals surface area contributed by atoms with E-state index in [2.05, 4.69) is 5.32 Å². The number of urea groups is 1. The third-order valence-corrected chi connectivity index (χ3v) is 4.98. The van der Waals surface area contributed by atoms with Gasteiger partial charge in [-0.25, -0.2) is 4.79 Å². The molecule has 1 atom stereocenters. The second-order valence-electron chi connectivity index (χ2n) is 5.33. The number of ether oxygens (including phenoxy) is 1. The topological polar surface area (TPSA) is 41.6 Å². The van der Waals surface area contributed by atoms with Crippen molar-refractivity contribution in [1.29, 1.82) is 0 Å². The number of thioether (sulfide) groups is 1. The summed E-state index contributed by atoms with van der Waals surface area (Å²) < 4.78 is 5.12. The molecule has 0 spiro atoms. The average molecular weight is 292 g/mol. The van der Waals surface area contributed by atoms with Crippen LogP contribution in [0.3, 0.4) is 0 Å². The third-order valence-electron chi connectivity index (χ3n) is 3.93. The van der Waals surface area contributed by atoms with E-state index in [1.165, 1.54) is 12.8 Å². The minimum Gasteiger partial charge on any atom is -0.497 e. The van der Waals surface area contributed by atoms with Crippen molar-refractivity contribution in [3.05, 3.63) is 24.3 Å². The summed E-state index contributed by atoms with van der Waals surface area (Å²) in [5, 5.41) is 3.00. The highest BCUT2D eigenvalue weighted by molar-refractivity contribution is 7.99. The fourth-order valence-corrected chi connectivity index (χ4v) is 3.80. The minimum absolute atomic E-state index is 0.0346. The third kappa shape index (κ3) is 3.03. The van der Waals surface area contributed by atoms with Gasteiger partial charge in [-0.3, -0.25) is 0 Å². The van der Waals surface area contributed by atoms with E-state index in [4.69, 9.17) is 4.74 Å². The van der Waals surface area contributed by atoms with Crippen molar-refractivity contribution < 1.29 is 9.53 Å². The van der Waals surface area contributed by atoms with E-state index in [1.54, 1.807) is 7.11 Å². The predicted molar refractivity (Wildman–Crippen MR) is 82.6 cm³/mol. The highest BCUT2D eigenvalue weighted by atomic mass is 32.2. The Morgan fingerprint density at radius 1 is 1.35 bits per heavy atom. The molecule has 0 aromatic heterocycles. The van der Waals surface area contributed by atoms with Crippen LogP contribution < -0.4 is 10.1 Å². The number of amides is 2. The van der Waals surface area contributed by atoms with Gasteiger partial charge in [0.15, 0.2) is 0 Å². The van der Waals surface area contributed by atoms with Gasteiger partial charge in [-0.05, 0) is 43.0 Å². The van der Waals surface area contributed by atoms with Gasteiger partial charge in [0.2, 0.25) is 0 Å². The molecule has 0 radical (unpaired) electrons. The minimum atomic E-state index is 0.0346. The summed E-state index contributed by atoms with van der Waals surface area (Å²) in [7, 11) is 1.64. The van der Waals surface area contributed by atoms with Crippen molar-refractivity contribution >= 4 is 23.5 Å². The predicted octanol–water partition coefficient (Wildman–Crippen LogP) is 3.05. The fraction of sp³-hybridized carbons (Fsp3) is 0.533. The lowest BCUT2D eigenvalue weighted by Gasteiger charge is -2.35. The summed E-state index contributed by atoms with van der Waals surface area (Å²) in [5.41, 5.74) is 0.823. The molecule has 3 rings (SSSR count). The molecule has 20 heavy (non-hydrogen) atoms. The number of rotatable bonds is 3. The first-order valence-corrected chi connectivity index (χ1v) is 8.23. The number of anilines is 1. The van der Waals surface area contributed by atoms with Crippen LogP contribution in [0.25, 0.3) is 0 Å². The monoisotopic (exact) mass is 292 g/mol. The Hall–Kier alpha value is -1.36. The Labute approximate surface area is 123 Å². The van der Waals surface area contributed by atoms with Gasteiger partial charge in [0.05, 0.1) is 7.11 Å². The molecule has 2 aliphatic rings. The van der Waals surface area contributed by atoms with Crippen molar-refractivity contribution in [2.75, 3.05) is 30.5 Å². The smallest absolute Gasteiger partial charge is 0.322 e. The first kappa shape index (κ1) is 13.6. The van der Waals surface area contributed by atoms with Gasteiger partial charge in [0.25, 0.3) is 0 Å². The maximum Gasteiger partial charge on any atom is 0.322 e. The van der Waals surface area contributed by atoms with Crippen molar-refractivity contribution in [3.63, 3.8) is 0 Å². The Bertz CT molecular complexity index is 473. The number of nitrogens with one attached hydrogen (secondary N) is 1. The molecule has 0 bridgehead atoms. The second-order valence-corrected chi connectivity index (χ2v) is 6.48. The quantitative estimate of drug-likeness (QED) is 0.931. The summed E-state index contributed by atoms with van der Waals surface area (Å²) >= 11 is 1.97.